The van der Waals surface area contributed by atoms with Crippen molar-refractivity contribution in [1.29, 1.82) is 0 Å². The zero-order valence-corrected chi connectivity index (χ0v) is 11.8. The maximum Gasteiger partial charge on any atom is 0.218 e. The van der Waals surface area contributed by atoms with Crippen molar-refractivity contribution in [3.05, 3.63) is 29.3 Å². The van der Waals surface area contributed by atoms with Crippen LogP contribution in [0.2, 0.25) is 5.02 Å². The molecule has 0 aliphatic carbocycles. The Morgan fingerprint density at radius 1 is 1.50 bits per heavy atom. The fourth-order valence-electron chi connectivity index (χ4n) is 2.55. The Balaban J connectivity index is 1.97. The lowest BCUT2D eigenvalue weighted by Gasteiger charge is -2.22. The van der Waals surface area contributed by atoms with Gasteiger partial charge in [-0.05, 0) is 30.4 Å². The van der Waals surface area contributed by atoms with Crippen LogP contribution in [-0.2, 0) is 14.4 Å². The van der Waals surface area contributed by atoms with E-state index in [1.807, 2.05) is 23.1 Å². The number of rotatable bonds is 1. The minimum absolute atomic E-state index is 0.0472. The summed E-state index contributed by atoms with van der Waals surface area (Å²) in [6.45, 7) is 0. The summed E-state index contributed by atoms with van der Waals surface area (Å²) in [7, 11) is -2.73. The van der Waals surface area contributed by atoms with Gasteiger partial charge in [-0.3, -0.25) is 0 Å². The molecule has 3 rings (SSSR count). The molecule has 0 radical (unpaired) electrons. The van der Waals surface area contributed by atoms with Gasteiger partial charge < -0.3 is 10.2 Å². The van der Waals surface area contributed by atoms with Crippen LogP contribution in [0.1, 0.15) is 0 Å². The first-order chi connectivity index (χ1) is 8.46. The van der Waals surface area contributed by atoms with E-state index in [1.54, 1.807) is 6.07 Å². The first-order valence-electron chi connectivity index (χ1n) is 5.53. The second-order valence-corrected chi connectivity index (χ2v) is 7.61. The lowest BCUT2D eigenvalue weighted by Crippen LogP contribution is -2.37. The van der Waals surface area contributed by atoms with Crippen molar-refractivity contribution in [1.82, 2.24) is 5.32 Å². The number of thiocarbonyl (C=S) groups is 1. The number of benzene rings is 1. The summed E-state index contributed by atoms with van der Waals surface area (Å²) in [5.41, 5.74) is 0.865. The molecule has 2 aliphatic rings. The van der Waals surface area contributed by atoms with Crippen molar-refractivity contribution in [3.63, 3.8) is 0 Å². The number of hydrogen-bond donors (Lipinski definition) is 2. The van der Waals surface area contributed by atoms with Gasteiger partial charge in [-0.15, -0.1) is 0 Å². The average molecular weight is 304 g/mol. The quantitative estimate of drug-likeness (QED) is 0.611. The van der Waals surface area contributed by atoms with E-state index >= 15 is 0 Å². The molecule has 7 heteroatoms. The van der Waals surface area contributed by atoms with Gasteiger partial charge in [-0.2, -0.15) is 4.55 Å². The number of hydrogen-bond acceptors (Lipinski definition) is 2. The third-order valence-corrected chi connectivity index (χ3v) is 5.57. The Kier molecular flexibility index (Phi) is 2.85. The van der Waals surface area contributed by atoms with Crippen molar-refractivity contribution in [2.45, 2.75) is 12.1 Å². The van der Waals surface area contributed by atoms with Gasteiger partial charge in [0.2, 0.25) is 10.2 Å². The highest BCUT2D eigenvalue weighted by atomic mass is 35.5. The van der Waals surface area contributed by atoms with Crippen LogP contribution in [0, 0.1) is 0 Å². The summed E-state index contributed by atoms with van der Waals surface area (Å²) in [5.74, 6) is 0.506. The van der Waals surface area contributed by atoms with Gasteiger partial charge in [-0.1, -0.05) is 21.9 Å². The molecule has 18 heavy (non-hydrogen) atoms. The third-order valence-electron chi connectivity index (χ3n) is 3.28. The highest BCUT2D eigenvalue weighted by Crippen LogP contribution is 2.32. The van der Waals surface area contributed by atoms with E-state index in [4.69, 9.17) is 23.8 Å². The van der Waals surface area contributed by atoms with E-state index in [1.165, 1.54) is 0 Å². The second kappa shape index (κ2) is 4.16. The van der Waals surface area contributed by atoms with Gasteiger partial charge in [0.1, 0.15) is 12.1 Å². The molecule has 4 nitrogen and oxygen atoms in total. The Labute approximate surface area is 117 Å². The van der Waals surface area contributed by atoms with Crippen LogP contribution in [0.5, 0.6) is 0 Å². The molecular formula is C11H12ClN2O2S2+. The molecule has 0 spiro atoms. The summed E-state index contributed by atoms with van der Waals surface area (Å²) >= 11 is 11.3. The first-order valence-corrected chi connectivity index (χ1v) is 8.17. The second-order valence-electron chi connectivity index (χ2n) is 4.58. The van der Waals surface area contributed by atoms with Crippen LogP contribution < -0.4 is 10.2 Å². The van der Waals surface area contributed by atoms with Crippen molar-refractivity contribution in [3.8, 4) is 0 Å². The average Bonchev–Trinajstić information content (AvgIpc) is 2.68. The van der Waals surface area contributed by atoms with E-state index in [2.05, 4.69) is 5.32 Å². The molecule has 3 atom stereocenters. The van der Waals surface area contributed by atoms with Gasteiger partial charge in [0.15, 0.2) is 16.6 Å². The number of fused-ring (bicyclic) bond motifs is 1. The molecule has 2 aliphatic heterocycles. The molecule has 0 bridgehead atoms. The summed E-state index contributed by atoms with van der Waals surface area (Å²) in [4.78, 5) is 1.90. The van der Waals surface area contributed by atoms with E-state index in [-0.39, 0.29) is 23.6 Å². The summed E-state index contributed by atoms with van der Waals surface area (Å²) in [6.07, 6.45) is 0. The van der Waals surface area contributed by atoms with Gasteiger partial charge in [0.05, 0.1) is 0 Å². The van der Waals surface area contributed by atoms with E-state index < -0.39 is 10.2 Å². The monoisotopic (exact) mass is 303 g/mol. The smallest absolute Gasteiger partial charge is 0.218 e. The summed E-state index contributed by atoms with van der Waals surface area (Å²) in [5, 5.41) is 4.34. The molecule has 1 aromatic rings. The minimum Gasteiger partial charge on any atom is -0.352 e. The van der Waals surface area contributed by atoms with Crippen LogP contribution in [0.3, 0.4) is 0 Å². The van der Waals surface area contributed by atoms with Crippen LogP contribution in [0.15, 0.2) is 24.3 Å². The zero-order valence-electron chi connectivity index (χ0n) is 9.38. The lowest BCUT2D eigenvalue weighted by atomic mass is 10.1. The molecular weight excluding hydrogens is 292 g/mol. The Morgan fingerprint density at radius 2 is 2.28 bits per heavy atom. The number of anilines is 1. The van der Waals surface area contributed by atoms with Crippen molar-refractivity contribution in [2.24, 2.45) is 0 Å². The first kappa shape index (κ1) is 12.3. The largest absolute Gasteiger partial charge is 0.352 e. The molecule has 2 fully saturated rings. The third kappa shape index (κ3) is 2.03. The van der Waals surface area contributed by atoms with Gasteiger partial charge in [-0.25, -0.2) is 0 Å². The Bertz CT molecular complexity index is 566. The Morgan fingerprint density at radius 3 is 3.00 bits per heavy atom. The van der Waals surface area contributed by atoms with Crippen molar-refractivity contribution >= 4 is 44.8 Å². The van der Waals surface area contributed by atoms with Crippen molar-refractivity contribution < 1.29 is 8.76 Å². The van der Waals surface area contributed by atoms with E-state index in [0.717, 1.165) is 5.69 Å². The molecule has 0 amide bonds. The van der Waals surface area contributed by atoms with Gasteiger partial charge in [0.25, 0.3) is 0 Å². The maximum absolute atomic E-state index is 11.8. The van der Waals surface area contributed by atoms with Gasteiger partial charge in [0, 0.05) is 10.7 Å². The van der Waals surface area contributed by atoms with Crippen LogP contribution in [0.4, 0.5) is 5.69 Å². The molecule has 2 saturated heterocycles. The number of halogens is 1. The lowest BCUT2D eigenvalue weighted by molar-refractivity contribution is 0.502. The highest BCUT2D eigenvalue weighted by molar-refractivity contribution is 7.98. The maximum atomic E-state index is 11.8. The number of nitrogens with zero attached hydrogens (tertiary/aromatic N) is 1. The molecule has 2 heterocycles. The topological polar surface area (TPSA) is 52.6 Å². The molecule has 2 N–H and O–H groups in total. The summed E-state index contributed by atoms with van der Waals surface area (Å²) < 4.78 is 21.5. The fourth-order valence-corrected chi connectivity index (χ4v) is 5.04. The predicted octanol–water partition coefficient (Wildman–Crippen LogP) is 1.76. The van der Waals surface area contributed by atoms with E-state index in [9.17, 15) is 8.76 Å². The predicted molar refractivity (Wildman–Crippen MR) is 77.7 cm³/mol. The molecule has 1 unspecified atom stereocenters. The normalized spacial score (nSPS) is 34.6. The minimum atomic E-state index is -2.73. The zero-order chi connectivity index (χ0) is 12.9. The van der Waals surface area contributed by atoms with Crippen LogP contribution in [0.25, 0.3) is 0 Å². The standard InChI is InChI=1S/C11H11ClN2O2S2/c12-7-2-1-3-8(4-7)14-10-6-18(15,16)5-9(10)13-11(14)17/h1-4,9-10H,5-6H2,(H-,13,15,16,17)/p+1/t9-,10-/m1/s1. The van der Waals surface area contributed by atoms with Crippen LogP contribution >= 0.6 is 23.8 Å². The molecule has 0 aromatic heterocycles. The molecule has 0 saturated carbocycles. The number of nitrogens with one attached hydrogen (secondary N) is 1. The molecule has 1 aromatic carbocycles. The highest BCUT2D eigenvalue weighted by Gasteiger charge is 2.54. The van der Waals surface area contributed by atoms with Crippen LogP contribution in [-0.4, -0.2) is 33.3 Å². The molecule has 96 valence electrons. The SMILES string of the molecule is O=[S+]1(O)C[C@@H]2[C@@H](C1)NC(=S)N2c1cccc(Cl)c1. The fraction of sp³-hybridized carbons (Fsp3) is 0.364. The Hall–Kier alpha value is -0.690. The summed E-state index contributed by atoms with van der Waals surface area (Å²) in [6, 6.07) is 7.25. The van der Waals surface area contributed by atoms with Gasteiger partial charge >= 0.3 is 0 Å². The van der Waals surface area contributed by atoms with E-state index in [0.29, 0.717) is 10.1 Å². The van der Waals surface area contributed by atoms with Crippen molar-refractivity contribution in [2.75, 3.05) is 16.4 Å².